The van der Waals surface area contributed by atoms with Crippen LogP contribution in [-0.2, 0) is 10.0 Å². The first-order chi connectivity index (χ1) is 8.49. The molecule has 1 heterocycles. The second-order valence-electron chi connectivity index (χ2n) is 3.50. The van der Waals surface area contributed by atoms with Gasteiger partial charge in [-0.2, -0.15) is 0 Å². The van der Waals surface area contributed by atoms with E-state index in [-0.39, 0.29) is 16.4 Å². The summed E-state index contributed by atoms with van der Waals surface area (Å²) in [4.78, 5) is 3.98. The number of aromatic nitrogens is 1. The van der Waals surface area contributed by atoms with Gasteiger partial charge in [0.2, 0.25) is 0 Å². The quantitative estimate of drug-likeness (QED) is 0.846. The van der Waals surface area contributed by atoms with Crippen molar-refractivity contribution in [1.29, 1.82) is 0 Å². The molecule has 0 unspecified atom stereocenters. The summed E-state index contributed by atoms with van der Waals surface area (Å²) in [6, 6.07) is 9.51. The van der Waals surface area contributed by atoms with Gasteiger partial charge in [-0.3, -0.25) is 4.72 Å². The highest BCUT2D eigenvalue weighted by Crippen LogP contribution is 2.20. The molecular weight excluding hydrogens is 318 g/mol. The van der Waals surface area contributed by atoms with Crippen LogP contribution in [0.15, 0.2) is 52.0 Å². The summed E-state index contributed by atoms with van der Waals surface area (Å²) in [6.07, 6.45) is 1.51. The third kappa shape index (κ3) is 2.80. The van der Waals surface area contributed by atoms with Crippen molar-refractivity contribution in [3.8, 4) is 0 Å². The minimum absolute atomic E-state index is 0.0368. The summed E-state index contributed by atoms with van der Waals surface area (Å²) in [6.45, 7) is 0. The number of sulfonamides is 1. The lowest BCUT2D eigenvalue weighted by atomic mass is 10.3. The Hall–Kier alpha value is -1.60. The predicted octanol–water partition coefficient (Wildman–Crippen LogP) is 2.23. The Balaban J connectivity index is 2.33. The molecule has 0 spiro atoms. The molecule has 0 radical (unpaired) electrons. The average molecular weight is 328 g/mol. The van der Waals surface area contributed by atoms with E-state index >= 15 is 0 Å². The molecule has 1 aromatic carbocycles. The van der Waals surface area contributed by atoms with Gasteiger partial charge in [0.05, 0.1) is 5.69 Å². The van der Waals surface area contributed by atoms with E-state index in [1.165, 1.54) is 18.3 Å². The maximum Gasteiger partial charge on any atom is 0.265 e. The lowest BCUT2D eigenvalue weighted by Crippen LogP contribution is -2.15. The maximum atomic E-state index is 12.1. The van der Waals surface area contributed by atoms with E-state index in [1.54, 1.807) is 24.3 Å². The van der Waals surface area contributed by atoms with Crippen LogP contribution in [-0.4, -0.2) is 13.4 Å². The van der Waals surface area contributed by atoms with E-state index < -0.39 is 10.0 Å². The molecule has 0 amide bonds. The number of pyridine rings is 1. The third-order valence-corrected chi connectivity index (χ3v) is 4.07. The Morgan fingerprint density at radius 1 is 1.17 bits per heavy atom. The Labute approximate surface area is 113 Å². The molecule has 3 N–H and O–H groups in total. The third-order valence-electron chi connectivity index (χ3n) is 2.17. The van der Waals surface area contributed by atoms with Crippen LogP contribution in [0.4, 0.5) is 11.5 Å². The molecule has 7 heteroatoms. The number of rotatable bonds is 3. The molecule has 0 fully saturated rings. The normalized spacial score (nSPS) is 11.2. The first-order valence-corrected chi connectivity index (χ1v) is 7.25. The van der Waals surface area contributed by atoms with Gasteiger partial charge in [0.1, 0.15) is 10.7 Å². The number of nitrogens with two attached hydrogens (primary N) is 1. The Kier molecular flexibility index (Phi) is 3.53. The second kappa shape index (κ2) is 4.95. The molecule has 18 heavy (non-hydrogen) atoms. The summed E-state index contributed by atoms with van der Waals surface area (Å²) in [7, 11) is -3.71. The highest BCUT2D eigenvalue weighted by molar-refractivity contribution is 9.10. The highest BCUT2D eigenvalue weighted by Gasteiger charge is 2.17. The Morgan fingerprint density at radius 3 is 2.50 bits per heavy atom. The summed E-state index contributed by atoms with van der Waals surface area (Å²) in [5.41, 5.74) is 5.83. The van der Waals surface area contributed by atoms with Crippen LogP contribution in [0.5, 0.6) is 0 Å². The van der Waals surface area contributed by atoms with Gasteiger partial charge >= 0.3 is 0 Å². The molecule has 5 nitrogen and oxygen atoms in total. The zero-order chi connectivity index (χ0) is 13.2. The molecule has 2 aromatic rings. The molecule has 0 bridgehead atoms. The molecule has 0 aliphatic rings. The molecule has 94 valence electrons. The molecule has 0 aliphatic carbocycles. The van der Waals surface area contributed by atoms with Gasteiger partial charge < -0.3 is 5.73 Å². The van der Waals surface area contributed by atoms with E-state index in [0.29, 0.717) is 0 Å². The van der Waals surface area contributed by atoms with Crippen molar-refractivity contribution in [3.63, 3.8) is 0 Å². The molecular formula is C11H10BrN3O2S. The van der Waals surface area contributed by atoms with Crippen molar-refractivity contribution >= 4 is 37.5 Å². The van der Waals surface area contributed by atoms with Crippen LogP contribution in [0.3, 0.4) is 0 Å². The predicted molar refractivity (Wildman–Crippen MR) is 73.6 cm³/mol. The van der Waals surface area contributed by atoms with E-state index in [1.807, 2.05) is 0 Å². The topological polar surface area (TPSA) is 85.1 Å². The van der Waals surface area contributed by atoms with E-state index in [2.05, 4.69) is 25.6 Å². The summed E-state index contributed by atoms with van der Waals surface area (Å²) in [5.74, 6) is 0.237. The molecule has 2 rings (SSSR count). The number of para-hydroxylation sites is 1. The maximum absolute atomic E-state index is 12.1. The second-order valence-corrected chi connectivity index (χ2v) is 6.07. The van der Waals surface area contributed by atoms with Crippen molar-refractivity contribution in [2.75, 3.05) is 10.5 Å². The van der Waals surface area contributed by atoms with Gasteiger partial charge in [0.15, 0.2) is 0 Å². The monoisotopic (exact) mass is 327 g/mol. The summed E-state index contributed by atoms with van der Waals surface area (Å²) < 4.78 is 27.3. The van der Waals surface area contributed by atoms with Crippen molar-refractivity contribution in [2.45, 2.75) is 4.90 Å². The van der Waals surface area contributed by atoms with Crippen molar-refractivity contribution < 1.29 is 8.42 Å². The minimum atomic E-state index is -3.71. The first kappa shape index (κ1) is 12.8. The fourth-order valence-corrected chi connectivity index (χ4v) is 2.73. The average Bonchev–Trinajstić information content (AvgIpc) is 2.32. The van der Waals surface area contributed by atoms with Gasteiger partial charge in [-0.05, 0) is 40.2 Å². The Morgan fingerprint density at radius 2 is 1.89 bits per heavy atom. The van der Waals surface area contributed by atoms with Crippen molar-refractivity contribution in [2.24, 2.45) is 0 Å². The minimum Gasteiger partial charge on any atom is -0.398 e. The fourth-order valence-electron chi connectivity index (χ4n) is 1.35. The number of nitrogens with one attached hydrogen (secondary N) is 1. The van der Waals surface area contributed by atoms with Crippen LogP contribution < -0.4 is 10.5 Å². The van der Waals surface area contributed by atoms with Gasteiger partial charge in [-0.25, -0.2) is 13.4 Å². The van der Waals surface area contributed by atoms with Crippen LogP contribution in [0.25, 0.3) is 0 Å². The summed E-state index contributed by atoms with van der Waals surface area (Å²) in [5, 5.41) is 0. The number of nitrogens with zero attached hydrogens (tertiary/aromatic N) is 1. The van der Waals surface area contributed by atoms with Crippen molar-refractivity contribution in [3.05, 3.63) is 47.1 Å². The van der Waals surface area contributed by atoms with Gasteiger partial charge in [-0.1, -0.05) is 12.1 Å². The van der Waals surface area contributed by atoms with E-state index in [4.69, 9.17) is 5.73 Å². The van der Waals surface area contributed by atoms with Crippen LogP contribution in [0, 0.1) is 0 Å². The van der Waals surface area contributed by atoms with E-state index in [0.717, 1.165) is 4.47 Å². The molecule has 1 aromatic heterocycles. The molecule has 0 atom stereocenters. The highest BCUT2D eigenvalue weighted by atomic mass is 79.9. The fraction of sp³-hybridized carbons (Fsp3) is 0. The SMILES string of the molecule is Nc1ccccc1S(=O)(=O)Nc1ccc(Br)cn1. The van der Waals surface area contributed by atoms with Crippen LogP contribution in [0.2, 0.25) is 0 Å². The molecule has 0 saturated carbocycles. The number of hydrogen-bond acceptors (Lipinski definition) is 4. The smallest absolute Gasteiger partial charge is 0.265 e. The molecule has 0 aliphatic heterocycles. The van der Waals surface area contributed by atoms with Crippen molar-refractivity contribution in [1.82, 2.24) is 4.98 Å². The van der Waals surface area contributed by atoms with Crippen LogP contribution in [0.1, 0.15) is 0 Å². The number of halogens is 1. The zero-order valence-corrected chi connectivity index (χ0v) is 11.6. The number of benzene rings is 1. The number of anilines is 2. The lowest BCUT2D eigenvalue weighted by molar-refractivity contribution is 0.601. The van der Waals surface area contributed by atoms with Gasteiger partial charge in [-0.15, -0.1) is 0 Å². The van der Waals surface area contributed by atoms with Crippen LogP contribution >= 0.6 is 15.9 Å². The Bertz CT molecular complexity index is 656. The summed E-state index contributed by atoms with van der Waals surface area (Å²) >= 11 is 3.22. The zero-order valence-electron chi connectivity index (χ0n) is 9.17. The van der Waals surface area contributed by atoms with E-state index in [9.17, 15) is 8.42 Å². The van der Waals surface area contributed by atoms with Gasteiger partial charge in [0.25, 0.3) is 10.0 Å². The molecule has 0 saturated heterocycles. The first-order valence-electron chi connectivity index (χ1n) is 4.98. The number of hydrogen-bond donors (Lipinski definition) is 2. The van der Waals surface area contributed by atoms with Gasteiger partial charge in [0, 0.05) is 10.7 Å². The number of nitrogen functional groups attached to an aromatic ring is 1. The lowest BCUT2D eigenvalue weighted by Gasteiger charge is -2.09. The standard InChI is InChI=1S/C11H10BrN3O2S/c12-8-5-6-11(14-7-8)15-18(16,17)10-4-2-1-3-9(10)13/h1-7H,13H2,(H,14,15). The largest absolute Gasteiger partial charge is 0.398 e.